The van der Waals surface area contributed by atoms with E-state index in [1.807, 2.05) is 46.8 Å². The summed E-state index contributed by atoms with van der Waals surface area (Å²) in [6, 6.07) is -2.80. The Morgan fingerprint density at radius 3 is 2.17 bits per heavy atom. The van der Waals surface area contributed by atoms with Crippen LogP contribution in [0.1, 0.15) is 86.0 Å². The molecule has 41 heavy (non-hydrogen) atoms. The van der Waals surface area contributed by atoms with Gasteiger partial charge in [-0.3, -0.25) is 14.4 Å². The number of rotatable bonds is 11. The molecule has 5 amide bonds. The molecule has 6 N–H and O–H groups in total. The zero-order valence-electron chi connectivity index (χ0n) is 25.5. The normalized spacial score (nSPS) is 23.8. The minimum Gasteiger partial charge on any atom is -0.394 e. The summed E-state index contributed by atoms with van der Waals surface area (Å²) < 4.78 is 0. The van der Waals surface area contributed by atoms with Crippen molar-refractivity contribution in [3.63, 3.8) is 0 Å². The number of amides is 5. The van der Waals surface area contributed by atoms with Gasteiger partial charge in [0.05, 0.1) is 18.2 Å². The highest BCUT2D eigenvalue weighted by molar-refractivity contribution is 5.96. The average Bonchev–Trinajstić information content (AvgIpc) is 3.65. The maximum atomic E-state index is 14.2. The second-order valence-corrected chi connectivity index (χ2v) is 13.7. The molecule has 0 radical (unpaired) electrons. The van der Waals surface area contributed by atoms with Crippen LogP contribution in [0.25, 0.3) is 0 Å². The van der Waals surface area contributed by atoms with Crippen molar-refractivity contribution in [3.8, 4) is 0 Å². The Morgan fingerprint density at radius 1 is 1.07 bits per heavy atom. The number of nitrogens with zero attached hydrogens (tertiary/aromatic N) is 1. The van der Waals surface area contributed by atoms with Crippen LogP contribution in [-0.4, -0.2) is 70.6 Å². The van der Waals surface area contributed by atoms with Crippen LogP contribution in [0.2, 0.25) is 0 Å². The zero-order chi connectivity index (χ0) is 30.5. The smallest absolute Gasteiger partial charge is 0.315 e. The molecule has 0 aromatic heterocycles. The van der Waals surface area contributed by atoms with Crippen LogP contribution in [0.5, 0.6) is 0 Å². The van der Waals surface area contributed by atoms with Crippen LogP contribution in [0.15, 0.2) is 24.3 Å². The Morgan fingerprint density at radius 2 is 1.68 bits per heavy atom. The Bertz CT molecular complexity index is 1020. The molecule has 2 fully saturated rings. The van der Waals surface area contributed by atoms with Gasteiger partial charge in [0.2, 0.25) is 17.7 Å². The van der Waals surface area contributed by atoms with E-state index in [2.05, 4.69) is 22.5 Å². The van der Waals surface area contributed by atoms with E-state index in [4.69, 9.17) is 5.73 Å². The Hall–Kier alpha value is -2.88. The van der Waals surface area contributed by atoms with E-state index < -0.39 is 41.0 Å². The largest absolute Gasteiger partial charge is 0.394 e. The minimum atomic E-state index is -0.905. The van der Waals surface area contributed by atoms with Crippen molar-refractivity contribution in [2.75, 3.05) is 13.2 Å². The molecule has 2 aliphatic carbocycles. The number of hydrogen-bond acceptors (Lipinski definition) is 5. The van der Waals surface area contributed by atoms with Crippen LogP contribution >= 0.6 is 0 Å². The number of aliphatic hydroxyl groups excluding tert-OH is 1. The highest BCUT2D eigenvalue weighted by atomic mass is 16.3. The van der Waals surface area contributed by atoms with E-state index in [9.17, 15) is 24.3 Å². The molecule has 3 aliphatic rings. The number of carbonyl (C=O) groups excluding carboxylic acids is 4. The molecule has 4 atom stereocenters. The highest BCUT2D eigenvalue weighted by Crippen LogP contribution is 2.34. The van der Waals surface area contributed by atoms with Crippen molar-refractivity contribution in [1.82, 2.24) is 20.9 Å². The fourth-order valence-corrected chi connectivity index (χ4v) is 6.27. The average molecular weight is 574 g/mol. The van der Waals surface area contributed by atoms with Crippen LogP contribution in [-0.2, 0) is 14.4 Å². The lowest BCUT2D eigenvalue weighted by molar-refractivity contribution is -0.143. The quantitative estimate of drug-likeness (QED) is 0.146. The number of primary amides is 1. The molecule has 1 saturated carbocycles. The van der Waals surface area contributed by atoms with Gasteiger partial charge in [0.15, 0.2) is 0 Å². The SMILES string of the molecule is C=C(C(N)=O)C(CC1C=C1)NC(=O)C1[C@@H](C(C)C)CCN1C(=O)C(NC(=O)NC1(CO)CCCCCC1)C(C)(C)C. The van der Waals surface area contributed by atoms with Gasteiger partial charge in [0.25, 0.3) is 0 Å². The first-order valence-electron chi connectivity index (χ1n) is 15.2. The van der Waals surface area contributed by atoms with E-state index in [-0.39, 0.29) is 41.7 Å². The number of carbonyl (C=O) groups is 4. The van der Waals surface area contributed by atoms with Gasteiger partial charge < -0.3 is 31.7 Å². The lowest BCUT2D eigenvalue weighted by Gasteiger charge is -2.38. The molecule has 0 bridgehead atoms. The number of hydrogen-bond donors (Lipinski definition) is 5. The summed E-state index contributed by atoms with van der Waals surface area (Å²) in [6.07, 6.45) is 10.4. The number of likely N-dealkylation sites (tertiary alicyclic amines) is 1. The van der Waals surface area contributed by atoms with Crippen molar-refractivity contribution in [2.24, 2.45) is 28.9 Å². The lowest BCUT2D eigenvalue weighted by Crippen LogP contribution is -2.62. The standard InChI is InChI=1S/C31H51N5O5/c1-19(2)22-13-16-36(24(22)27(39)33-23(17-21-11-12-21)20(3)26(32)38)28(40)25(30(4,5)6)34-29(41)35-31(18-37)14-9-7-8-10-15-31/h11-12,19,21-25,37H,3,7-10,13-18H2,1-2,4-6H3,(H2,32,38)(H,33,39)(H2,34,35,41)/t22-,23?,24?,25?/m1/s1. The molecule has 3 rings (SSSR count). The zero-order valence-corrected chi connectivity index (χ0v) is 25.5. The second-order valence-electron chi connectivity index (χ2n) is 13.7. The molecule has 1 heterocycles. The fraction of sp³-hybridized carbons (Fsp3) is 0.742. The molecule has 1 aliphatic heterocycles. The van der Waals surface area contributed by atoms with Crippen LogP contribution in [0, 0.1) is 23.2 Å². The number of nitrogens with two attached hydrogens (primary N) is 1. The molecule has 0 aromatic carbocycles. The molecule has 3 unspecified atom stereocenters. The number of allylic oxidation sites excluding steroid dienone is 2. The van der Waals surface area contributed by atoms with Crippen LogP contribution in [0.4, 0.5) is 4.79 Å². The van der Waals surface area contributed by atoms with Gasteiger partial charge in [-0.15, -0.1) is 0 Å². The third kappa shape index (κ3) is 8.33. The molecule has 0 spiro atoms. The summed E-state index contributed by atoms with van der Waals surface area (Å²) >= 11 is 0. The maximum absolute atomic E-state index is 14.2. The summed E-state index contributed by atoms with van der Waals surface area (Å²) in [7, 11) is 0. The topological polar surface area (TPSA) is 154 Å². The summed E-state index contributed by atoms with van der Waals surface area (Å²) in [5.74, 6) is -1.16. The first kappa shape index (κ1) is 32.6. The van der Waals surface area contributed by atoms with E-state index in [0.29, 0.717) is 32.2 Å². The third-order valence-corrected chi connectivity index (χ3v) is 9.01. The van der Waals surface area contributed by atoms with Gasteiger partial charge in [-0.1, -0.05) is 79.0 Å². The monoisotopic (exact) mass is 573 g/mol. The highest BCUT2D eigenvalue weighted by Gasteiger charge is 2.48. The Kier molecular flexibility index (Phi) is 10.7. The summed E-state index contributed by atoms with van der Waals surface area (Å²) in [6.45, 7) is 13.7. The minimum absolute atomic E-state index is 0.0985. The van der Waals surface area contributed by atoms with Gasteiger partial charge in [0.1, 0.15) is 12.1 Å². The third-order valence-electron chi connectivity index (χ3n) is 9.01. The van der Waals surface area contributed by atoms with E-state index in [1.54, 1.807) is 4.90 Å². The van der Waals surface area contributed by atoms with Crippen molar-refractivity contribution >= 4 is 23.8 Å². The molecule has 1 saturated heterocycles. The fourth-order valence-electron chi connectivity index (χ4n) is 6.27. The van der Waals surface area contributed by atoms with E-state index in [0.717, 1.165) is 25.7 Å². The van der Waals surface area contributed by atoms with Crippen molar-refractivity contribution in [3.05, 3.63) is 24.3 Å². The van der Waals surface area contributed by atoms with E-state index >= 15 is 0 Å². The maximum Gasteiger partial charge on any atom is 0.315 e. The van der Waals surface area contributed by atoms with Gasteiger partial charge in [-0.2, -0.15) is 0 Å². The molecule has 0 aromatic rings. The van der Waals surface area contributed by atoms with Crippen molar-refractivity contribution in [1.29, 1.82) is 0 Å². The predicted molar refractivity (Wildman–Crippen MR) is 158 cm³/mol. The summed E-state index contributed by atoms with van der Waals surface area (Å²) in [5.41, 5.74) is 4.28. The van der Waals surface area contributed by atoms with Gasteiger partial charge in [-0.25, -0.2) is 4.79 Å². The molecular weight excluding hydrogens is 522 g/mol. The van der Waals surface area contributed by atoms with Gasteiger partial charge >= 0.3 is 6.03 Å². The summed E-state index contributed by atoms with van der Waals surface area (Å²) in [4.78, 5) is 54.8. The predicted octanol–water partition coefficient (Wildman–Crippen LogP) is 2.76. The van der Waals surface area contributed by atoms with Crippen LogP contribution in [0.3, 0.4) is 0 Å². The Balaban J connectivity index is 1.81. The van der Waals surface area contributed by atoms with Crippen molar-refractivity contribution < 1.29 is 24.3 Å². The number of aliphatic hydroxyl groups is 1. The first-order chi connectivity index (χ1) is 19.2. The van der Waals surface area contributed by atoms with E-state index in [1.165, 1.54) is 0 Å². The number of urea groups is 1. The molecule has 230 valence electrons. The molecular formula is C31H51N5O5. The second kappa shape index (κ2) is 13.4. The van der Waals surface area contributed by atoms with Gasteiger partial charge in [0, 0.05) is 12.1 Å². The van der Waals surface area contributed by atoms with Crippen molar-refractivity contribution in [2.45, 2.75) is 110 Å². The lowest BCUT2D eigenvalue weighted by atomic mass is 9.84. The summed E-state index contributed by atoms with van der Waals surface area (Å²) in [5, 5.41) is 19.0. The van der Waals surface area contributed by atoms with Crippen LogP contribution < -0.4 is 21.7 Å². The first-order valence-corrected chi connectivity index (χ1v) is 15.2. The molecule has 10 heteroatoms. The Labute approximate surface area is 244 Å². The molecule has 10 nitrogen and oxygen atoms in total. The number of nitrogens with one attached hydrogen (secondary N) is 3. The van der Waals surface area contributed by atoms with Gasteiger partial charge in [-0.05, 0) is 48.9 Å².